The highest BCUT2D eigenvalue weighted by Crippen LogP contribution is 2.34. The van der Waals surface area contributed by atoms with Crippen LogP contribution < -0.4 is 10.1 Å². The fraction of sp³-hybridized carbons (Fsp3) is 0.389. The van der Waals surface area contributed by atoms with Gasteiger partial charge in [-0.15, -0.1) is 11.3 Å². The van der Waals surface area contributed by atoms with E-state index in [4.69, 9.17) is 9.84 Å². The number of thiophene rings is 1. The van der Waals surface area contributed by atoms with E-state index < -0.39 is 0 Å². The van der Waals surface area contributed by atoms with Crippen molar-refractivity contribution in [2.24, 2.45) is 5.92 Å². The highest BCUT2D eigenvalue weighted by molar-refractivity contribution is 7.09. The molecule has 23 heavy (non-hydrogen) atoms. The third kappa shape index (κ3) is 4.56. The quantitative estimate of drug-likeness (QED) is 0.781. The number of rotatable bonds is 8. The highest BCUT2D eigenvalue weighted by atomic mass is 32.1. The van der Waals surface area contributed by atoms with Crippen molar-refractivity contribution in [3.63, 3.8) is 0 Å². The van der Waals surface area contributed by atoms with Crippen LogP contribution in [-0.4, -0.2) is 23.7 Å². The van der Waals surface area contributed by atoms with E-state index in [0.29, 0.717) is 30.3 Å². The zero-order chi connectivity index (χ0) is 16.1. The van der Waals surface area contributed by atoms with Crippen molar-refractivity contribution >= 4 is 17.2 Å². The molecule has 1 atom stereocenters. The van der Waals surface area contributed by atoms with Gasteiger partial charge in [-0.2, -0.15) is 0 Å². The van der Waals surface area contributed by atoms with Gasteiger partial charge in [0.2, 0.25) is 0 Å². The van der Waals surface area contributed by atoms with Gasteiger partial charge in [0.25, 0.3) is 5.91 Å². The van der Waals surface area contributed by atoms with Crippen molar-refractivity contribution in [1.29, 1.82) is 0 Å². The lowest BCUT2D eigenvalue weighted by Crippen LogP contribution is -2.37. The Balaban J connectivity index is 1.60. The molecule has 1 aliphatic carbocycles. The van der Waals surface area contributed by atoms with E-state index in [1.165, 1.54) is 0 Å². The van der Waals surface area contributed by atoms with Crippen molar-refractivity contribution in [2.45, 2.75) is 31.9 Å². The first-order valence-corrected chi connectivity index (χ1v) is 8.81. The smallest absolute Gasteiger partial charge is 0.251 e. The van der Waals surface area contributed by atoms with Gasteiger partial charge in [0.05, 0.1) is 0 Å². The van der Waals surface area contributed by atoms with E-state index in [-0.39, 0.29) is 18.6 Å². The molecule has 0 saturated heterocycles. The number of nitrogens with one attached hydrogen (secondary N) is 1. The van der Waals surface area contributed by atoms with Crippen LogP contribution in [0.3, 0.4) is 0 Å². The summed E-state index contributed by atoms with van der Waals surface area (Å²) in [5.41, 5.74) is 0.595. The Bertz CT molecular complexity index is 637. The van der Waals surface area contributed by atoms with E-state index in [1.807, 2.05) is 29.6 Å². The summed E-state index contributed by atoms with van der Waals surface area (Å²) < 4.78 is 5.74. The predicted molar refractivity (Wildman–Crippen MR) is 90.8 cm³/mol. The van der Waals surface area contributed by atoms with Crippen LogP contribution in [0.15, 0.2) is 41.8 Å². The number of aliphatic hydroxyl groups excluding tert-OH is 1. The van der Waals surface area contributed by atoms with Gasteiger partial charge in [-0.25, -0.2) is 0 Å². The molecule has 4 nitrogen and oxygen atoms in total. The zero-order valence-corrected chi connectivity index (χ0v) is 13.7. The van der Waals surface area contributed by atoms with Crippen LogP contribution in [-0.2, 0) is 6.61 Å². The van der Waals surface area contributed by atoms with Crippen LogP contribution in [0.1, 0.15) is 34.5 Å². The van der Waals surface area contributed by atoms with Gasteiger partial charge in [-0.1, -0.05) is 12.1 Å². The topological polar surface area (TPSA) is 58.6 Å². The molecule has 1 amide bonds. The Morgan fingerprint density at radius 1 is 1.35 bits per heavy atom. The normalized spacial score (nSPS) is 15.2. The SMILES string of the molecule is O=C(NC(CCO)C1CC1)c1cccc(OCc2cccs2)c1. The molecular weight excluding hydrogens is 310 g/mol. The highest BCUT2D eigenvalue weighted by Gasteiger charge is 2.31. The molecule has 1 aromatic carbocycles. The van der Waals surface area contributed by atoms with Gasteiger partial charge in [0.1, 0.15) is 12.4 Å². The maximum Gasteiger partial charge on any atom is 0.251 e. The molecule has 0 spiro atoms. The molecule has 0 radical (unpaired) electrons. The van der Waals surface area contributed by atoms with Crippen molar-refractivity contribution in [3.8, 4) is 5.75 Å². The molecule has 1 saturated carbocycles. The third-order valence-corrected chi connectivity index (χ3v) is 4.85. The molecule has 122 valence electrons. The number of aliphatic hydroxyl groups is 1. The van der Waals surface area contributed by atoms with Crippen LogP contribution in [0.2, 0.25) is 0 Å². The molecule has 3 rings (SSSR count). The molecule has 1 aromatic heterocycles. The Kier molecular flexibility index (Phi) is 5.31. The van der Waals surface area contributed by atoms with E-state index in [1.54, 1.807) is 23.5 Å². The first-order chi connectivity index (χ1) is 11.3. The van der Waals surface area contributed by atoms with Gasteiger partial charge in [0, 0.05) is 23.1 Å². The number of ether oxygens (including phenoxy) is 1. The largest absolute Gasteiger partial charge is 0.488 e. The summed E-state index contributed by atoms with van der Waals surface area (Å²) in [6.07, 6.45) is 2.88. The summed E-state index contributed by atoms with van der Waals surface area (Å²) in [7, 11) is 0. The second kappa shape index (κ2) is 7.62. The van der Waals surface area contributed by atoms with Crippen LogP contribution >= 0.6 is 11.3 Å². The summed E-state index contributed by atoms with van der Waals surface area (Å²) in [6.45, 7) is 0.614. The second-order valence-electron chi connectivity index (χ2n) is 5.83. The molecule has 2 aromatic rings. The second-order valence-corrected chi connectivity index (χ2v) is 6.86. The lowest BCUT2D eigenvalue weighted by Gasteiger charge is -2.17. The fourth-order valence-electron chi connectivity index (χ4n) is 2.59. The van der Waals surface area contributed by atoms with Gasteiger partial charge in [-0.3, -0.25) is 4.79 Å². The molecule has 1 heterocycles. The summed E-state index contributed by atoms with van der Waals surface area (Å²) >= 11 is 1.65. The maximum atomic E-state index is 12.4. The van der Waals surface area contributed by atoms with E-state index >= 15 is 0 Å². The van der Waals surface area contributed by atoms with Crippen LogP contribution in [0.4, 0.5) is 0 Å². The Morgan fingerprint density at radius 3 is 2.91 bits per heavy atom. The zero-order valence-electron chi connectivity index (χ0n) is 12.9. The molecule has 2 N–H and O–H groups in total. The number of carbonyl (C=O) groups is 1. The molecule has 5 heteroatoms. The van der Waals surface area contributed by atoms with Crippen molar-refractivity contribution < 1.29 is 14.6 Å². The summed E-state index contributed by atoms with van der Waals surface area (Å²) in [4.78, 5) is 13.6. The predicted octanol–water partition coefficient (Wildman–Crippen LogP) is 3.22. The lowest BCUT2D eigenvalue weighted by atomic mass is 10.1. The number of hydrogen-bond donors (Lipinski definition) is 2. The van der Waals surface area contributed by atoms with E-state index in [0.717, 1.165) is 17.7 Å². The van der Waals surface area contributed by atoms with Crippen LogP contribution in [0.25, 0.3) is 0 Å². The summed E-state index contributed by atoms with van der Waals surface area (Å²) in [5, 5.41) is 14.2. The number of carbonyl (C=O) groups excluding carboxylic acids is 1. The Hall–Kier alpha value is -1.85. The molecular formula is C18H21NO3S. The minimum atomic E-state index is -0.100. The molecule has 1 fully saturated rings. The minimum Gasteiger partial charge on any atom is -0.488 e. The standard InChI is InChI=1S/C18H21NO3S/c20-9-8-17(13-6-7-13)19-18(21)14-3-1-4-15(11-14)22-12-16-5-2-10-23-16/h1-5,10-11,13,17,20H,6-9,12H2,(H,19,21). The van der Waals surface area contributed by atoms with Gasteiger partial charge in [0.15, 0.2) is 0 Å². The first-order valence-electron chi connectivity index (χ1n) is 7.93. The van der Waals surface area contributed by atoms with Crippen LogP contribution in [0.5, 0.6) is 5.75 Å². The molecule has 0 aliphatic heterocycles. The van der Waals surface area contributed by atoms with Crippen LogP contribution in [0, 0.1) is 5.92 Å². The molecule has 1 unspecified atom stereocenters. The molecule has 0 bridgehead atoms. The summed E-state index contributed by atoms with van der Waals surface area (Å²) in [5.74, 6) is 1.11. The average Bonchev–Trinajstić information content (AvgIpc) is 3.29. The fourth-order valence-corrected chi connectivity index (χ4v) is 3.21. The summed E-state index contributed by atoms with van der Waals surface area (Å²) in [6, 6.07) is 11.3. The lowest BCUT2D eigenvalue weighted by molar-refractivity contribution is 0.0923. The third-order valence-electron chi connectivity index (χ3n) is 4.01. The average molecular weight is 331 g/mol. The Labute approximate surface area is 140 Å². The monoisotopic (exact) mass is 331 g/mol. The number of benzene rings is 1. The van der Waals surface area contributed by atoms with Crippen molar-refractivity contribution in [1.82, 2.24) is 5.32 Å². The van der Waals surface area contributed by atoms with Crippen molar-refractivity contribution in [3.05, 3.63) is 52.2 Å². The maximum absolute atomic E-state index is 12.4. The van der Waals surface area contributed by atoms with Gasteiger partial charge >= 0.3 is 0 Å². The van der Waals surface area contributed by atoms with Crippen molar-refractivity contribution in [2.75, 3.05) is 6.61 Å². The number of amides is 1. The first kappa shape index (κ1) is 16.0. The minimum absolute atomic E-state index is 0.0724. The Morgan fingerprint density at radius 2 is 2.22 bits per heavy atom. The molecule has 1 aliphatic rings. The van der Waals surface area contributed by atoms with Gasteiger partial charge in [-0.05, 0) is 54.8 Å². The van der Waals surface area contributed by atoms with E-state index in [9.17, 15) is 4.79 Å². The van der Waals surface area contributed by atoms with E-state index in [2.05, 4.69) is 5.32 Å². The van der Waals surface area contributed by atoms with Gasteiger partial charge < -0.3 is 15.2 Å². The number of hydrogen-bond acceptors (Lipinski definition) is 4.